The molecule has 108 valence electrons. The Hall–Kier alpha value is -2.35. The standard InChI is InChI=1S/C19H21NO/c1-19(2,3)16-9-7-15(8-10-16)18(21)13-6-14-4-11-17(20)12-5-14/h4-13H,20H2,1-3H3/b13-6+. The first-order valence-corrected chi connectivity index (χ1v) is 7.05. The number of ketones is 1. The first kappa shape index (κ1) is 15.0. The van der Waals surface area contributed by atoms with Crippen molar-refractivity contribution in [3.05, 3.63) is 71.3 Å². The highest BCUT2D eigenvalue weighted by atomic mass is 16.1. The third kappa shape index (κ3) is 4.06. The van der Waals surface area contributed by atoms with Crippen LogP contribution in [0.5, 0.6) is 0 Å². The zero-order chi connectivity index (χ0) is 15.5. The molecule has 2 N–H and O–H groups in total. The molecule has 2 nitrogen and oxygen atoms in total. The number of nitrogens with two attached hydrogens (primary N) is 1. The van der Waals surface area contributed by atoms with E-state index in [9.17, 15) is 4.79 Å². The van der Waals surface area contributed by atoms with E-state index in [-0.39, 0.29) is 11.2 Å². The van der Waals surface area contributed by atoms with Gasteiger partial charge in [0.1, 0.15) is 0 Å². The van der Waals surface area contributed by atoms with Crippen molar-refractivity contribution in [1.29, 1.82) is 0 Å². The summed E-state index contributed by atoms with van der Waals surface area (Å²) in [6, 6.07) is 15.2. The van der Waals surface area contributed by atoms with Crippen molar-refractivity contribution in [2.24, 2.45) is 0 Å². The van der Waals surface area contributed by atoms with Crippen molar-refractivity contribution >= 4 is 17.5 Å². The summed E-state index contributed by atoms with van der Waals surface area (Å²) in [5.41, 5.74) is 9.34. The van der Waals surface area contributed by atoms with Crippen LogP contribution in [0.25, 0.3) is 6.08 Å². The number of benzene rings is 2. The lowest BCUT2D eigenvalue weighted by Gasteiger charge is -2.18. The van der Waals surface area contributed by atoms with Gasteiger partial charge in [0.25, 0.3) is 0 Å². The van der Waals surface area contributed by atoms with Crippen LogP contribution in [-0.4, -0.2) is 5.78 Å². The summed E-state index contributed by atoms with van der Waals surface area (Å²) in [7, 11) is 0. The summed E-state index contributed by atoms with van der Waals surface area (Å²) in [6.07, 6.45) is 3.40. The Morgan fingerprint density at radius 3 is 2.05 bits per heavy atom. The average molecular weight is 279 g/mol. The van der Waals surface area contributed by atoms with Crippen molar-refractivity contribution in [3.63, 3.8) is 0 Å². The predicted molar refractivity (Wildman–Crippen MR) is 89.4 cm³/mol. The van der Waals surface area contributed by atoms with Crippen LogP contribution in [0.15, 0.2) is 54.6 Å². The highest BCUT2D eigenvalue weighted by Gasteiger charge is 2.13. The van der Waals surface area contributed by atoms with Gasteiger partial charge in [0.2, 0.25) is 0 Å². The van der Waals surface area contributed by atoms with Gasteiger partial charge in [-0.2, -0.15) is 0 Å². The van der Waals surface area contributed by atoms with Crippen LogP contribution in [-0.2, 0) is 5.41 Å². The SMILES string of the molecule is CC(C)(C)c1ccc(C(=O)/C=C/c2ccc(N)cc2)cc1. The Morgan fingerprint density at radius 1 is 0.952 bits per heavy atom. The maximum Gasteiger partial charge on any atom is 0.185 e. The smallest absolute Gasteiger partial charge is 0.185 e. The number of nitrogen functional groups attached to an aromatic ring is 1. The second-order valence-electron chi connectivity index (χ2n) is 6.19. The molecule has 0 atom stereocenters. The van der Waals surface area contributed by atoms with Gasteiger partial charge < -0.3 is 5.73 Å². The lowest BCUT2D eigenvalue weighted by atomic mass is 9.86. The minimum Gasteiger partial charge on any atom is -0.399 e. The summed E-state index contributed by atoms with van der Waals surface area (Å²) in [6.45, 7) is 6.47. The molecule has 21 heavy (non-hydrogen) atoms. The molecule has 2 rings (SSSR count). The lowest BCUT2D eigenvalue weighted by Crippen LogP contribution is -2.11. The van der Waals surface area contributed by atoms with Crippen molar-refractivity contribution in [1.82, 2.24) is 0 Å². The molecule has 2 aromatic carbocycles. The summed E-state index contributed by atoms with van der Waals surface area (Å²) < 4.78 is 0. The zero-order valence-electron chi connectivity index (χ0n) is 12.8. The Kier molecular flexibility index (Phi) is 4.27. The maximum atomic E-state index is 12.1. The second-order valence-corrected chi connectivity index (χ2v) is 6.19. The lowest BCUT2D eigenvalue weighted by molar-refractivity contribution is 0.104. The normalized spacial score (nSPS) is 11.8. The maximum absolute atomic E-state index is 12.1. The van der Waals surface area contributed by atoms with E-state index in [1.54, 1.807) is 12.2 Å². The Bertz CT molecular complexity index is 643. The van der Waals surface area contributed by atoms with Crippen molar-refractivity contribution < 1.29 is 4.79 Å². The molecule has 0 saturated carbocycles. The summed E-state index contributed by atoms with van der Waals surface area (Å²) in [5, 5.41) is 0. The number of hydrogen-bond donors (Lipinski definition) is 1. The number of hydrogen-bond acceptors (Lipinski definition) is 2. The van der Waals surface area contributed by atoms with E-state index >= 15 is 0 Å². The van der Waals surface area contributed by atoms with E-state index in [1.807, 2.05) is 48.5 Å². The van der Waals surface area contributed by atoms with Gasteiger partial charge in [0.15, 0.2) is 5.78 Å². The van der Waals surface area contributed by atoms with E-state index in [0.717, 1.165) is 11.3 Å². The third-order valence-corrected chi connectivity index (χ3v) is 3.40. The number of allylic oxidation sites excluding steroid dienone is 1. The quantitative estimate of drug-likeness (QED) is 0.512. The van der Waals surface area contributed by atoms with Crippen molar-refractivity contribution in [3.8, 4) is 0 Å². The molecule has 0 fully saturated rings. The van der Waals surface area contributed by atoms with Gasteiger partial charge in [-0.1, -0.05) is 63.2 Å². The first-order chi connectivity index (χ1) is 9.86. The van der Waals surface area contributed by atoms with Crippen LogP contribution in [0.3, 0.4) is 0 Å². The Balaban J connectivity index is 2.11. The molecular weight excluding hydrogens is 258 g/mol. The number of rotatable bonds is 3. The van der Waals surface area contributed by atoms with E-state index < -0.39 is 0 Å². The van der Waals surface area contributed by atoms with E-state index in [2.05, 4.69) is 20.8 Å². The molecule has 0 aliphatic rings. The highest BCUT2D eigenvalue weighted by molar-refractivity contribution is 6.06. The molecule has 0 aliphatic heterocycles. The number of carbonyl (C=O) groups excluding carboxylic acids is 1. The molecule has 0 aromatic heterocycles. The van der Waals surface area contributed by atoms with Gasteiger partial charge in [-0.15, -0.1) is 0 Å². The molecule has 2 heteroatoms. The van der Waals surface area contributed by atoms with E-state index in [0.29, 0.717) is 5.56 Å². The minimum atomic E-state index is 0.00674. The zero-order valence-corrected chi connectivity index (χ0v) is 12.8. The molecular formula is C19H21NO. The van der Waals surface area contributed by atoms with Gasteiger partial charge in [0, 0.05) is 11.3 Å². The van der Waals surface area contributed by atoms with Gasteiger partial charge in [-0.3, -0.25) is 4.79 Å². The molecule has 2 aromatic rings. The first-order valence-electron chi connectivity index (χ1n) is 7.05. The van der Waals surface area contributed by atoms with Crippen LogP contribution < -0.4 is 5.73 Å². The summed E-state index contributed by atoms with van der Waals surface area (Å²) in [4.78, 5) is 12.1. The fourth-order valence-electron chi connectivity index (χ4n) is 2.01. The average Bonchev–Trinajstić information content (AvgIpc) is 2.45. The van der Waals surface area contributed by atoms with Crippen molar-refractivity contribution in [2.75, 3.05) is 5.73 Å². The van der Waals surface area contributed by atoms with Crippen molar-refractivity contribution in [2.45, 2.75) is 26.2 Å². The Morgan fingerprint density at radius 2 is 1.52 bits per heavy atom. The molecule has 0 heterocycles. The van der Waals surface area contributed by atoms with Crippen LogP contribution in [0, 0.1) is 0 Å². The van der Waals surface area contributed by atoms with Gasteiger partial charge >= 0.3 is 0 Å². The van der Waals surface area contributed by atoms with Gasteiger partial charge in [-0.05, 0) is 34.8 Å². The van der Waals surface area contributed by atoms with Crippen LogP contribution in [0.1, 0.15) is 42.3 Å². The van der Waals surface area contributed by atoms with Crippen LogP contribution in [0.4, 0.5) is 5.69 Å². The second kappa shape index (κ2) is 5.96. The van der Waals surface area contributed by atoms with Crippen LogP contribution in [0.2, 0.25) is 0 Å². The summed E-state index contributed by atoms with van der Waals surface area (Å²) >= 11 is 0. The largest absolute Gasteiger partial charge is 0.399 e. The fourth-order valence-corrected chi connectivity index (χ4v) is 2.01. The monoisotopic (exact) mass is 279 g/mol. The highest BCUT2D eigenvalue weighted by Crippen LogP contribution is 2.22. The molecule has 0 spiro atoms. The molecule has 0 radical (unpaired) electrons. The molecule has 0 unspecified atom stereocenters. The van der Waals surface area contributed by atoms with Gasteiger partial charge in [-0.25, -0.2) is 0 Å². The Labute approximate surface area is 126 Å². The van der Waals surface area contributed by atoms with Gasteiger partial charge in [0.05, 0.1) is 0 Å². The predicted octanol–water partition coefficient (Wildman–Crippen LogP) is 4.46. The van der Waals surface area contributed by atoms with E-state index in [1.165, 1.54) is 5.56 Å². The third-order valence-electron chi connectivity index (χ3n) is 3.40. The summed E-state index contributed by atoms with van der Waals surface area (Å²) in [5.74, 6) is 0.00674. The number of carbonyl (C=O) groups is 1. The molecule has 0 bridgehead atoms. The molecule has 0 aliphatic carbocycles. The minimum absolute atomic E-state index is 0.00674. The fraction of sp³-hybridized carbons (Fsp3) is 0.211. The molecule has 0 saturated heterocycles. The molecule has 0 amide bonds. The topological polar surface area (TPSA) is 43.1 Å². The number of anilines is 1. The van der Waals surface area contributed by atoms with E-state index in [4.69, 9.17) is 5.73 Å². The van der Waals surface area contributed by atoms with Crippen LogP contribution >= 0.6 is 0 Å².